The molecule has 0 saturated heterocycles. The summed E-state index contributed by atoms with van der Waals surface area (Å²) in [6.45, 7) is 11.5. The molecule has 3 rings (SSSR count). The minimum absolute atomic E-state index is 0. The van der Waals surface area contributed by atoms with E-state index in [4.69, 9.17) is 0 Å². The number of rotatable bonds is 15. The Labute approximate surface area is 260 Å². The molecule has 1 atom stereocenters. The van der Waals surface area contributed by atoms with Crippen molar-refractivity contribution in [2.45, 2.75) is 98.8 Å². The van der Waals surface area contributed by atoms with Gasteiger partial charge in [-0.3, -0.25) is 0 Å². The number of nitrogens with one attached hydrogen (secondary N) is 1. The molecule has 0 spiro atoms. The number of benzene rings is 2. The molecule has 0 aromatic heterocycles. The van der Waals surface area contributed by atoms with Crippen molar-refractivity contribution in [3.63, 3.8) is 0 Å². The van der Waals surface area contributed by atoms with Crippen molar-refractivity contribution >= 4 is 22.2 Å². The van der Waals surface area contributed by atoms with Crippen LogP contribution in [-0.4, -0.2) is 11.8 Å². The van der Waals surface area contributed by atoms with Gasteiger partial charge < -0.3 is 24.8 Å². The van der Waals surface area contributed by atoms with Gasteiger partial charge >= 0.3 is 230 Å². The zero-order chi connectivity index (χ0) is 26.6. The van der Waals surface area contributed by atoms with Crippen LogP contribution in [0.25, 0.3) is 0 Å². The Balaban J connectivity index is 0.00000380. The maximum absolute atomic E-state index is 13.5. The number of carbonyl (C=O) groups excluding carboxylic acids is 1. The number of amides is 1. The number of carbonyl (C=O) groups is 1. The van der Waals surface area contributed by atoms with Crippen LogP contribution < -0.4 is 38.4 Å². The van der Waals surface area contributed by atoms with Gasteiger partial charge in [-0.25, -0.2) is 0 Å². The van der Waals surface area contributed by atoms with Gasteiger partial charge in [0, 0.05) is 0 Å². The number of hydrogen-bond acceptors (Lipinski definition) is 1. The van der Waals surface area contributed by atoms with Gasteiger partial charge in [0.15, 0.2) is 0 Å². The van der Waals surface area contributed by atoms with Gasteiger partial charge in [0.1, 0.15) is 0 Å². The first-order valence-electron chi connectivity index (χ1n) is 14.6. The van der Waals surface area contributed by atoms with E-state index in [1.807, 2.05) is 0 Å². The summed E-state index contributed by atoms with van der Waals surface area (Å²) in [5.74, 6) is -0.841. The van der Waals surface area contributed by atoms with Crippen LogP contribution in [0, 0.1) is 5.92 Å². The van der Waals surface area contributed by atoms with Gasteiger partial charge in [-0.15, -0.1) is 0 Å². The van der Waals surface area contributed by atoms with Crippen LogP contribution in [0.4, 0.5) is 0 Å². The van der Waals surface area contributed by atoms with Gasteiger partial charge in [-0.2, -0.15) is 0 Å². The Kier molecular flexibility index (Phi) is 17.8. The number of allylic oxidation sites excluding steroid dienone is 4. The average Bonchev–Trinajstić information content (AvgIpc) is 3.10. The summed E-state index contributed by atoms with van der Waals surface area (Å²) in [5, 5.41) is 2.95. The number of hydrogen-bond donors (Lipinski definition) is 1. The Morgan fingerprint density at radius 3 is 1.64 bits per heavy atom. The Hall–Kier alpha value is -0.930. The van der Waals surface area contributed by atoms with Crippen LogP contribution in [0.5, 0.6) is 0 Å². The van der Waals surface area contributed by atoms with Crippen LogP contribution in [0.2, 0.25) is 0 Å². The topological polar surface area (TPSA) is 29.1 Å². The van der Waals surface area contributed by atoms with Gasteiger partial charge in [0.2, 0.25) is 0 Å². The summed E-state index contributed by atoms with van der Waals surface area (Å²) in [5.41, 5.74) is 4.41. The van der Waals surface area contributed by atoms with E-state index in [1.54, 1.807) is 3.28 Å². The van der Waals surface area contributed by atoms with E-state index in [2.05, 4.69) is 98.5 Å². The average molecular weight is 665 g/mol. The number of halogens is 2. The third kappa shape index (κ3) is 10.4. The molecular weight excluding hydrogens is 617 g/mol. The van der Waals surface area contributed by atoms with E-state index < -0.39 is 27.1 Å². The van der Waals surface area contributed by atoms with Gasteiger partial charge in [-0.05, 0) is 0 Å². The third-order valence-electron chi connectivity index (χ3n) is 8.27. The Morgan fingerprint density at radius 2 is 1.21 bits per heavy atom. The first kappa shape index (κ1) is 36.1. The fraction of sp³-hybridized carbons (Fsp3) is 0.485. The van der Waals surface area contributed by atoms with Crippen molar-refractivity contribution in [1.29, 1.82) is 0 Å². The minimum Gasteiger partial charge on any atom is -1.00 e. The molecule has 1 N–H and O–H groups in total. The molecule has 0 saturated carbocycles. The normalized spacial score (nSPS) is 14.8. The summed E-state index contributed by atoms with van der Waals surface area (Å²) < 4.78 is 5.45. The van der Waals surface area contributed by atoms with Gasteiger partial charge in [-0.1, -0.05) is 6.92 Å². The van der Waals surface area contributed by atoms with Gasteiger partial charge in [0.05, 0.1) is 0 Å². The first-order chi connectivity index (χ1) is 18.0. The molecule has 0 bridgehead atoms. The molecule has 0 fully saturated rings. The molecule has 39 heavy (non-hydrogen) atoms. The summed E-state index contributed by atoms with van der Waals surface area (Å²) >= 11 is -2.59. The summed E-state index contributed by atoms with van der Waals surface area (Å²) in [6, 6.07) is 22.2. The summed E-state index contributed by atoms with van der Waals surface area (Å²) in [6.07, 6.45) is 12.2. The quantitative estimate of drug-likeness (QED) is 0.226. The van der Waals surface area contributed by atoms with E-state index in [0.29, 0.717) is 18.2 Å². The Bertz CT molecular complexity index is 1020. The van der Waals surface area contributed by atoms with E-state index in [1.165, 1.54) is 78.5 Å². The molecule has 0 aliphatic heterocycles. The van der Waals surface area contributed by atoms with E-state index in [-0.39, 0.29) is 24.8 Å². The summed E-state index contributed by atoms with van der Waals surface area (Å²) in [7, 11) is 0. The molecule has 2 aromatic rings. The first-order valence-corrected chi connectivity index (χ1v) is 23.1. The fourth-order valence-corrected chi connectivity index (χ4v) is 27.8. The molecule has 2 nitrogen and oxygen atoms in total. The second-order valence-corrected chi connectivity index (χ2v) is 24.7. The smallest absolute Gasteiger partial charge is 1.00 e. The van der Waals surface area contributed by atoms with Crippen molar-refractivity contribution in [1.82, 2.24) is 3.26 Å². The maximum Gasteiger partial charge on any atom is -1.00 e. The molecule has 1 unspecified atom stereocenters. The standard InChI is InChI=1S/C12H25NO.C12H11Si.C9H13.2ClH.Zr/c1-2-3-4-5-6-7-8-9-10-11-12(13)14;1-3-7-11(8-4-1)13-12-9-5-2-6-10-12;1-6-5-7(2)9(4)8(6)3;;;/h2-11H2,1H3,(H2,13,14);1-10,13H;6H,1-4H3;2*1H;/q;;;;;+3/p-3. The third-order valence-corrected chi connectivity index (χ3v) is 27.6. The fourth-order valence-electron chi connectivity index (χ4n) is 5.72. The molecule has 1 aliphatic carbocycles. The maximum atomic E-state index is 13.5. The molecule has 6 heteroatoms. The molecule has 0 heterocycles. The van der Waals surface area contributed by atoms with Crippen LogP contribution in [0.3, 0.4) is 0 Å². The zero-order valence-corrected chi connectivity index (χ0v) is 29.8. The van der Waals surface area contributed by atoms with E-state index in [9.17, 15) is 4.79 Å². The predicted molar refractivity (Wildman–Crippen MR) is 160 cm³/mol. The molecule has 213 valence electrons. The van der Waals surface area contributed by atoms with Crippen molar-refractivity contribution < 1.29 is 50.8 Å². The minimum atomic E-state index is -2.59. The van der Waals surface area contributed by atoms with E-state index in [0.717, 1.165) is 6.42 Å². The summed E-state index contributed by atoms with van der Waals surface area (Å²) in [4.78, 5) is 13.5. The molecular formula is C33H48Cl2NOSiZr. The van der Waals surface area contributed by atoms with Gasteiger partial charge in [0.25, 0.3) is 0 Å². The predicted octanol–water partition coefficient (Wildman–Crippen LogP) is 1.36. The van der Waals surface area contributed by atoms with Crippen LogP contribution >= 0.6 is 0 Å². The zero-order valence-electron chi connectivity index (χ0n) is 24.7. The molecule has 2 aromatic carbocycles. The van der Waals surface area contributed by atoms with Crippen molar-refractivity contribution in [2.75, 3.05) is 0 Å². The van der Waals surface area contributed by atoms with Crippen molar-refractivity contribution in [2.24, 2.45) is 5.92 Å². The van der Waals surface area contributed by atoms with Crippen molar-refractivity contribution in [3.8, 4) is 0 Å². The second kappa shape index (κ2) is 19.2. The van der Waals surface area contributed by atoms with E-state index >= 15 is 0 Å². The Morgan fingerprint density at radius 1 is 0.744 bits per heavy atom. The van der Waals surface area contributed by atoms with Crippen LogP contribution in [0.15, 0.2) is 80.7 Å². The van der Waals surface area contributed by atoms with Crippen molar-refractivity contribution in [3.05, 3.63) is 80.7 Å². The number of unbranched alkanes of at least 4 members (excludes halogenated alkanes) is 8. The monoisotopic (exact) mass is 662 g/mol. The largest absolute Gasteiger partial charge is 1.00 e. The molecule has 1 aliphatic rings. The molecule has 1 amide bonds. The van der Waals surface area contributed by atoms with Crippen LogP contribution in [-0.2, 0) is 26.0 Å². The SMILES string of the molecule is CCCCCCCCCCCC(=O)[NH][Zr+2]([C]1=C(C)C(C)=C(C)C1C)[SiH](c1ccccc1)c1ccccc1.[Cl-].[Cl-]. The van der Waals surface area contributed by atoms with Crippen LogP contribution in [0.1, 0.15) is 98.8 Å². The second-order valence-electron chi connectivity index (χ2n) is 10.9. The molecule has 0 radical (unpaired) electrons.